The van der Waals surface area contributed by atoms with Crippen molar-refractivity contribution >= 4 is 43.7 Å². The van der Waals surface area contributed by atoms with Crippen molar-refractivity contribution in [3.05, 3.63) is 71.3 Å². The van der Waals surface area contributed by atoms with Gasteiger partial charge in [0, 0.05) is 15.6 Å². The van der Waals surface area contributed by atoms with Crippen molar-refractivity contribution in [1.82, 2.24) is 0 Å². The molecule has 0 aliphatic heterocycles. The standard InChI is InChI=1S/C22H21IO4/c1-3-26-20(24)22(21(25)27-4-2)14-16-12-8-9-13-17(16)19(23)18(22)15-10-6-5-7-11-15/h5-13H,3-4,14H2,1-2H3. The fourth-order valence-corrected chi connectivity index (χ4v) is 4.80. The van der Waals surface area contributed by atoms with Gasteiger partial charge in [-0.15, -0.1) is 0 Å². The molecule has 0 saturated carbocycles. The summed E-state index contributed by atoms with van der Waals surface area (Å²) in [6, 6.07) is 17.4. The van der Waals surface area contributed by atoms with E-state index in [4.69, 9.17) is 9.47 Å². The zero-order valence-electron chi connectivity index (χ0n) is 15.3. The van der Waals surface area contributed by atoms with Gasteiger partial charge in [0.25, 0.3) is 0 Å². The van der Waals surface area contributed by atoms with Crippen molar-refractivity contribution in [2.75, 3.05) is 13.2 Å². The lowest BCUT2D eigenvalue weighted by Crippen LogP contribution is -2.46. The van der Waals surface area contributed by atoms with Crippen LogP contribution < -0.4 is 0 Å². The molecular formula is C22H21IO4. The van der Waals surface area contributed by atoms with Crippen molar-refractivity contribution in [2.45, 2.75) is 20.3 Å². The summed E-state index contributed by atoms with van der Waals surface area (Å²) in [6.07, 6.45) is 0.220. The number of esters is 2. The predicted molar refractivity (Wildman–Crippen MR) is 113 cm³/mol. The fourth-order valence-electron chi connectivity index (χ4n) is 3.50. The molecule has 0 unspecified atom stereocenters. The summed E-state index contributed by atoms with van der Waals surface area (Å²) in [5, 5.41) is 0. The second kappa shape index (κ2) is 8.25. The van der Waals surface area contributed by atoms with Crippen LogP contribution in [-0.4, -0.2) is 25.2 Å². The first kappa shape index (κ1) is 19.6. The van der Waals surface area contributed by atoms with E-state index in [-0.39, 0.29) is 19.6 Å². The Labute approximate surface area is 172 Å². The quantitative estimate of drug-likeness (QED) is 0.358. The Kier molecular flexibility index (Phi) is 5.99. The lowest BCUT2D eigenvalue weighted by atomic mass is 9.68. The lowest BCUT2D eigenvalue weighted by molar-refractivity contribution is -0.167. The van der Waals surface area contributed by atoms with Gasteiger partial charge in [0.1, 0.15) is 0 Å². The second-order valence-electron chi connectivity index (χ2n) is 6.24. The number of hydrogen-bond acceptors (Lipinski definition) is 4. The van der Waals surface area contributed by atoms with Gasteiger partial charge in [-0.3, -0.25) is 9.59 Å². The maximum atomic E-state index is 13.2. The van der Waals surface area contributed by atoms with Gasteiger partial charge < -0.3 is 9.47 Å². The first-order chi connectivity index (χ1) is 13.1. The molecule has 0 amide bonds. The number of benzene rings is 2. The molecule has 5 heteroatoms. The Hall–Kier alpha value is -2.15. The molecule has 0 N–H and O–H groups in total. The largest absolute Gasteiger partial charge is 0.465 e. The van der Waals surface area contributed by atoms with Crippen LogP contribution in [0.3, 0.4) is 0 Å². The Morgan fingerprint density at radius 1 is 0.926 bits per heavy atom. The van der Waals surface area contributed by atoms with E-state index < -0.39 is 17.4 Å². The highest BCUT2D eigenvalue weighted by atomic mass is 127. The summed E-state index contributed by atoms with van der Waals surface area (Å²) in [7, 11) is 0. The summed E-state index contributed by atoms with van der Waals surface area (Å²) in [5.74, 6) is -1.13. The maximum Gasteiger partial charge on any atom is 0.328 e. The molecule has 0 aromatic heterocycles. The normalized spacial score (nSPS) is 15.1. The van der Waals surface area contributed by atoms with E-state index in [1.54, 1.807) is 13.8 Å². The first-order valence-corrected chi connectivity index (χ1v) is 10.0. The van der Waals surface area contributed by atoms with Crippen LogP contribution in [0.1, 0.15) is 30.5 Å². The molecule has 0 atom stereocenters. The van der Waals surface area contributed by atoms with Gasteiger partial charge in [0.15, 0.2) is 5.41 Å². The highest BCUT2D eigenvalue weighted by Crippen LogP contribution is 2.51. The zero-order valence-corrected chi connectivity index (χ0v) is 17.5. The van der Waals surface area contributed by atoms with E-state index in [9.17, 15) is 9.59 Å². The number of fused-ring (bicyclic) bond motifs is 1. The number of carbonyl (C=O) groups is 2. The summed E-state index contributed by atoms with van der Waals surface area (Å²) in [5.41, 5.74) is 1.92. The summed E-state index contributed by atoms with van der Waals surface area (Å²) < 4.78 is 11.6. The van der Waals surface area contributed by atoms with Crippen molar-refractivity contribution < 1.29 is 19.1 Å². The molecule has 0 saturated heterocycles. The monoisotopic (exact) mass is 476 g/mol. The smallest absolute Gasteiger partial charge is 0.328 e. The average Bonchev–Trinajstić information content (AvgIpc) is 2.68. The van der Waals surface area contributed by atoms with Crippen LogP contribution in [-0.2, 0) is 25.5 Å². The van der Waals surface area contributed by atoms with Gasteiger partial charge in [-0.05, 0) is 53.1 Å². The molecule has 1 aliphatic carbocycles. The zero-order chi connectivity index (χ0) is 19.4. The molecule has 3 rings (SSSR count). The Bertz CT molecular complexity index is 868. The highest BCUT2D eigenvalue weighted by Gasteiger charge is 2.55. The molecular weight excluding hydrogens is 455 g/mol. The number of rotatable bonds is 5. The van der Waals surface area contributed by atoms with E-state index in [0.29, 0.717) is 5.57 Å². The predicted octanol–water partition coefficient (Wildman–Crippen LogP) is 4.66. The van der Waals surface area contributed by atoms with E-state index in [2.05, 4.69) is 22.6 Å². The van der Waals surface area contributed by atoms with Gasteiger partial charge >= 0.3 is 11.9 Å². The van der Waals surface area contributed by atoms with Gasteiger partial charge in [-0.2, -0.15) is 0 Å². The Morgan fingerprint density at radius 2 is 1.48 bits per heavy atom. The topological polar surface area (TPSA) is 52.6 Å². The van der Waals surface area contributed by atoms with Crippen LogP contribution in [0.25, 0.3) is 9.15 Å². The van der Waals surface area contributed by atoms with Crippen LogP contribution in [0.4, 0.5) is 0 Å². The van der Waals surface area contributed by atoms with E-state index >= 15 is 0 Å². The van der Waals surface area contributed by atoms with Crippen LogP contribution in [0, 0.1) is 5.41 Å². The molecule has 140 valence electrons. The van der Waals surface area contributed by atoms with Crippen molar-refractivity contribution in [3.63, 3.8) is 0 Å². The van der Waals surface area contributed by atoms with Crippen LogP contribution in [0.5, 0.6) is 0 Å². The van der Waals surface area contributed by atoms with Gasteiger partial charge in [0.2, 0.25) is 0 Å². The summed E-state index contributed by atoms with van der Waals surface area (Å²) in [6.45, 7) is 3.87. The molecule has 0 heterocycles. The molecule has 27 heavy (non-hydrogen) atoms. The minimum Gasteiger partial charge on any atom is -0.465 e. The van der Waals surface area contributed by atoms with Crippen LogP contribution in [0.2, 0.25) is 0 Å². The summed E-state index contributed by atoms with van der Waals surface area (Å²) >= 11 is 2.23. The summed E-state index contributed by atoms with van der Waals surface area (Å²) in [4.78, 5) is 26.4. The lowest BCUT2D eigenvalue weighted by Gasteiger charge is -2.36. The van der Waals surface area contributed by atoms with Crippen molar-refractivity contribution in [1.29, 1.82) is 0 Å². The molecule has 0 bridgehead atoms. The number of ether oxygens (including phenoxy) is 2. The van der Waals surface area contributed by atoms with E-state index in [1.165, 1.54) is 0 Å². The average molecular weight is 476 g/mol. The molecule has 0 fully saturated rings. The SMILES string of the molecule is CCOC(=O)C1(C(=O)OCC)Cc2ccccc2C(I)=C1c1ccccc1. The maximum absolute atomic E-state index is 13.2. The third-order valence-corrected chi connectivity index (χ3v) is 5.79. The molecule has 0 radical (unpaired) electrons. The van der Waals surface area contributed by atoms with Crippen LogP contribution >= 0.6 is 22.6 Å². The van der Waals surface area contributed by atoms with Gasteiger partial charge in [-0.1, -0.05) is 54.6 Å². The number of halogens is 1. The van der Waals surface area contributed by atoms with Gasteiger partial charge in [-0.25, -0.2) is 0 Å². The van der Waals surface area contributed by atoms with Gasteiger partial charge in [0.05, 0.1) is 13.2 Å². The third-order valence-electron chi connectivity index (χ3n) is 4.67. The van der Waals surface area contributed by atoms with Crippen LogP contribution in [0.15, 0.2) is 54.6 Å². The Morgan fingerprint density at radius 3 is 2.07 bits per heavy atom. The molecule has 2 aromatic carbocycles. The Balaban J connectivity index is 2.34. The number of hydrogen-bond donors (Lipinski definition) is 0. The molecule has 1 aliphatic rings. The van der Waals surface area contributed by atoms with Crippen molar-refractivity contribution in [3.8, 4) is 0 Å². The molecule has 2 aromatic rings. The van der Waals surface area contributed by atoms with Crippen molar-refractivity contribution in [2.24, 2.45) is 5.41 Å². The number of carbonyl (C=O) groups excluding carboxylic acids is 2. The first-order valence-electron chi connectivity index (χ1n) is 8.94. The molecule has 0 spiro atoms. The fraction of sp³-hybridized carbons (Fsp3) is 0.273. The van der Waals surface area contributed by atoms with E-state index in [0.717, 1.165) is 20.3 Å². The third kappa shape index (κ3) is 3.40. The minimum absolute atomic E-state index is 0.195. The second-order valence-corrected chi connectivity index (χ2v) is 7.31. The highest BCUT2D eigenvalue weighted by molar-refractivity contribution is 14.1. The minimum atomic E-state index is -1.52. The molecule has 4 nitrogen and oxygen atoms in total. The van der Waals surface area contributed by atoms with E-state index in [1.807, 2.05) is 54.6 Å².